The van der Waals surface area contributed by atoms with Gasteiger partial charge in [0.2, 0.25) is 0 Å². The average Bonchev–Trinajstić information content (AvgIpc) is 2.59. The molecule has 0 aliphatic heterocycles. The van der Waals surface area contributed by atoms with Crippen molar-refractivity contribution in [3.8, 4) is 0 Å². The number of halogens is 2. The van der Waals surface area contributed by atoms with Gasteiger partial charge in [-0.15, -0.1) is 0 Å². The van der Waals surface area contributed by atoms with Gasteiger partial charge in [-0.1, -0.05) is 6.07 Å². The Morgan fingerprint density at radius 2 is 2.07 bits per heavy atom. The fraction of sp³-hybridized carbons (Fsp3) is 0.417. The molecule has 3 heteroatoms. The Morgan fingerprint density at radius 1 is 1.33 bits per heavy atom. The molecule has 15 heavy (non-hydrogen) atoms. The molecule has 1 unspecified atom stereocenters. The maximum Gasteiger partial charge on any atom is 0.133 e. The van der Waals surface area contributed by atoms with Crippen molar-refractivity contribution in [1.29, 1.82) is 0 Å². The summed E-state index contributed by atoms with van der Waals surface area (Å²) >= 11 is 0. The molecule has 1 atom stereocenters. The van der Waals surface area contributed by atoms with E-state index >= 15 is 0 Å². The second kappa shape index (κ2) is 3.72. The number of hydrogen-bond donors (Lipinski definition) is 0. The number of carbonyl (C=O) groups excluding carboxylic acids is 1. The molecule has 1 fully saturated rings. The largest absolute Gasteiger partial charge is 0.300 e. The fourth-order valence-corrected chi connectivity index (χ4v) is 2.11. The van der Waals surface area contributed by atoms with Crippen LogP contribution in [0.5, 0.6) is 0 Å². The van der Waals surface area contributed by atoms with E-state index in [0.29, 0.717) is 18.4 Å². The molecular formula is C12H12F2O. The predicted molar refractivity (Wildman–Crippen MR) is 52.7 cm³/mol. The molecule has 1 aliphatic rings. The highest BCUT2D eigenvalue weighted by Gasteiger charge is 2.28. The molecule has 0 bridgehead atoms. The lowest BCUT2D eigenvalue weighted by atomic mass is 9.95. The van der Waals surface area contributed by atoms with Crippen LogP contribution in [0.25, 0.3) is 0 Å². The van der Waals surface area contributed by atoms with E-state index in [1.807, 2.05) is 0 Å². The molecule has 1 saturated carbocycles. The van der Waals surface area contributed by atoms with Crippen molar-refractivity contribution in [2.75, 3.05) is 0 Å². The number of benzene rings is 1. The molecule has 0 saturated heterocycles. The fourth-order valence-electron chi connectivity index (χ4n) is 2.11. The highest BCUT2D eigenvalue weighted by atomic mass is 19.1. The van der Waals surface area contributed by atoms with Crippen LogP contribution in [0.4, 0.5) is 8.78 Å². The summed E-state index contributed by atoms with van der Waals surface area (Å²) in [5.41, 5.74) is 0.534. The first-order valence-electron chi connectivity index (χ1n) is 5.06. The van der Waals surface area contributed by atoms with E-state index < -0.39 is 11.6 Å². The first kappa shape index (κ1) is 10.3. The van der Waals surface area contributed by atoms with Gasteiger partial charge in [0.25, 0.3) is 0 Å². The van der Waals surface area contributed by atoms with Crippen LogP contribution in [-0.4, -0.2) is 5.78 Å². The van der Waals surface area contributed by atoms with Gasteiger partial charge in [-0.25, -0.2) is 8.78 Å². The zero-order chi connectivity index (χ0) is 11.0. The lowest BCUT2D eigenvalue weighted by Gasteiger charge is -2.12. The molecule has 0 aromatic heterocycles. The van der Waals surface area contributed by atoms with Crippen LogP contribution in [0.3, 0.4) is 0 Å². The van der Waals surface area contributed by atoms with Crippen LogP contribution < -0.4 is 0 Å². The molecule has 2 rings (SSSR count). The van der Waals surface area contributed by atoms with Crippen molar-refractivity contribution in [3.05, 3.63) is 34.9 Å². The lowest BCUT2D eigenvalue weighted by Crippen LogP contribution is -2.03. The molecule has 0 spiro atoms. The summed E-state index contributed by atoms with van der Waals surface area (Å²) in [6, 6.07) is 2.70. The highest BCUT2D eigenvalue weighted by molar-refractivity contribution is 5.81. The van der Waals surface area contributed by atoms with Crippen LogP contribution in [0.1, 0.15) is 36.3 Å². The third-order valence-electron chi connectivity index (χ3n) is 2.97. The summed E-state index contributed by atoms with van der Waals surface area (Å²) in [7, 11) is 0. The SMILES string of the molecule is Cc1ccc(F)c(C2CCC(=O)C2)c1F. The summed E-state index contributed by atoms with van der Waals surface area (Å²) in [6.07, 6.45) is 1.28. The maximum absolute atomic E-state index is 13.7. The summed E-state index contributed by atoms with van der Waals surface area (Å²) < 4.78 is 27.1. The van der Waals surface area contributed by atoms with Gasteiger partial charge < -0.3 is 0 Å². The number of rotatable bonds is 1. The van der Waals surface area contributed by atoms with Crippen LogP contribution in [0.2, 0.25) is 0 Å². The topological polar surface area (TPSA) is 17.1 Å². The summed E-state index contributed by atoms with van der Waals surface area (Å²) in [6.45, 7) is 1.61. The smallest absolute Gasteiger partial charge is 0.133 e. The number of Topliss-reactive ketones (excluding diaryl/α,β-unsaturated/α-hetero) is 1. The molecule has 1 aromatic rings. The molecule has 0 heterocycles. The normalized spacial score (nSPS) is 21.0. The van der Waals surface area contributed by atoms with Crippen molar-refractivity contribution < 1.29 is 13.6 Å². The zero-order valence-corrected chi connectivity index (χ0v) is 8.52. The molecule has 1 aromatic carbocycles. The Morgan fingerprint density at radius 3 is 2.67 bits per heavy atom. The minimum absolute atomic E-state index is 0.0975. The van der Waals surface area contributed by atoms with Crippen LogP contribution in [0.15, 0.2) is 12.1 Å². The Bertz CT molecular complexity index is 412. The van der Waals surface area contributed by atoms with Gasteiger partial charge in [-0.2, -0.15) is 0 Å². The minimum Gasteiger partial charge on any atom is -0.300 e. The van der Waals surface area contributed by atoms with Crippen molar-refractivity contribution in [1.82, 2.24) is 0 Å². The van der Waals surface area contributed by atoms with E-state index in [2.05, 4.69) is 0 Å². The second-order valence-corrected chi connectivity index (χ2v) is 4.07. The number of carbonyl (C=O) groups is 1. The first-order chi connectivity index (χ1) is 7.09. The van der Waals surface area contributed by atoms with Gasteiger partial charge in [-0.3, -0.25) is 4.79 Å². The predicted octanol–water partition coefficient (Wildman–Crippen LogP) is 3.11. The Hall–Kier alpha value is -1.25. The molecule has 0 amide bonds. The molecule has 80 valence electrons. The van der Waals surface area contributed by atoms with Crippen LogP contribution in [0, 0.1) is 18.6 Å². The van der Waals surface area contributed by atoms with Gasteiger partial charge in [-0.05, 0) is 30.9 Å². The Balaban J connectivity index is 2.43. The highest BCUT2D eigenvalue weighted by Crippen LogP contribution is 2.35. The van der Waals surface area contributed by atoms with Crippen LogP contribution >= 0.6 is 0 Å². The molecule has 1 aliphatic carbocycles. The van der Waals surface area contributed by atoms with Gasteiger partial charge in [0.15, 0.2) is 0 Å². The van der Waals surface area contributed by atoms with Crippen molar-refractivity contribution >= 4 is 5.78 Å². The monoisotopic (exact) mass is 210 g/mol. The van der Waals surface area contributed by atoms with Gasteiger partial charge >= 0.3 is 0 Å². The molecule has 0 radical (unpaired) electrons. The van der Waals surface area contributed by atoms with Crippen molar-refractivity contribution in [2.24, 2.45) is 0 Å². The van der Waals surface area contributed by atoms with Crippen molar-refractivity contribution in [3.63, 3.8) is 0 Å². The van der Waals surface area contributed by atoms with Gasteiger partial charge in [0.05, 0.1) is 0 Å². The van der Waals surface area contributed by atoms with E-state index in [4.69, 9.17) is 0 Å². The van der Waals surface area contributed by atoms with Crippen molar-refractivity contribution in [2.45, 2.75) is 32.1 Å². The van der Waals surface area contributed by atoms with Gasteiger partial charge in [0, 0.05) is 18.4 Å². The van der Waals surface area contributed by atoms with E-state index in [1.54, 1.807) is 6.92 Å². The summed E-state index contributed by atoms with van der Waals surface area (Å²) in [4.78, 5) is 11.1. The minimum atomic E-state index is -0.530. The Labute approximate surface area is 87.1 Å². The first-order valence-corrected chi connectivity index (χ1v) is 5.06. The van der Waals surface area contributed by atoms with E-state index in [-0.39, 0.29) is 23.7 Å². The Kier molecular flexibility index (Phi) is 2.55. The third kappa shape index (κ3) is 1.78. The second-order valence-electron chi connectivity index (χ2n) is 4.07. The number of hydrogen-bond acceptors (Lipinski definition) is 1. The summed E-state index contributed by atoms with van der Waals surface area (Å²) in [5, 5.41) is 0. The lowest BCUT2D eigenvalue weighted by molar-refractivity contribution is -0.117. The van der Waals surface area contributed by atoms with E-state index in [9.17, 15) is 13.6 Å². The average molecular weight is 210 g/mol. The zero-order valence-electron chi connectivity index (χ0n) is 8.52. The number of aryl methyl sites for hydroxylation is 1. The standard InChI is InChI=1S/C12H12F2O/c1-7-2-5-10(13)11(12(7)14)8-3-4-9(15)6-8/h2,5,8H,3-4,6H2,1H3. The molecule has 1 nitrogen and oxygen atoms in total. The van der Waals surface area contributed by atoms with Crippen LogP contribution in [-0.2, 0) is 4.79 Å². The van der Waals surface area contributed by atoms with E-state index in [0.717, 1.165) is 0 Å². The number of ketones is 1. The van der Waals surface area contributed by atoms with E-state index in [1.165, 1.54) is 12.1 Å². The quantitative estimate of drug-likeness (QED) is 0.696. The van der Waals surface area contributed by atoms with Gasteiger partial charge in [0.1, 0.15) is 17.4 Å². The molecule has 0 N–H and O–H groups in total. The third-order valence-corrected chi connectivity index (χ3v) is 2.97. The summed E-state index contributed by atoms with van der Waals surface area (Å²) in [5.74, 6) is -1.19. The molecular weight excluding hydrogens is 198 g/mol. The maximum atomic E-state index is 13.7.